The molecule has 3 nitrogen and oxygen atoms in total. The number of rotatable bonds is 3. The summed E-state index contributed by atoms with van der Waals surface area (Å²) in [5, 5.41) is 3.93. The van der Waals surface area contributed by atoms with Crippen LogP contribution >= 0.6 is 0 Å². The van der Waals surface area contributed by atoms with Crippen LogP contribution < -0.4 is 5.32 Å². The van der Waals surface area contributed by atoms with Crippen LogP contribution in [0.2, 0.25) is 0 Å². The van der Waals surface area contributed by atoms with E-state index in [-0.39, 0.29) is 5.91 Å². The molecule has 1 aromatic carbocycles. The van der Waals surface area contributed by atoms with Gasteiger partial charge in [-0.05, 0) is 37.6 Å². The van der Waals surface area contributed by atoms with Gasteiger partial charge < -0.3 is 5.32 Å². The molecule has 1 amide bonds. The number of aryl methyl sites for hydroxylation is 1. The topological polar surface area (TPSA) is 42.0 Å². The third kappa shape index (κ3) is 2.81. The molecule has 0 aliphatic carbocycles. The summed E-state index contributed by atoms with van der Waals surface area (Å²) in [5.74, 6) is 0.0620. The van der Waals surface area contributed by atoms with Gasteiger partial charge in [0.2, 0.25) is 5.91 Å². The molecule has 0 bridgehead atoms. The number of hydrogen-bond acceptors (Lipinski definition) is 2. The van der Waals surface area contributed by atoms with Crippen LogP contribution in [0.25, 0.3) is 10.9 Å². The smallest absolute Gasteiger partial charge is 0.224 e. The molecule has 0 unspecified atom stereocenters. The van der Waals surface area contributed by atoms with E-state index in [1.54, 1.807) is 0 Å². The molecule has 0 fully saturated rings. The Morgan fingerprint density at radius 1 is 1.29 bits per heavy atom. The Morgan fingerprint density at radius 2 is 2.12 bits per heavy atom. The molecule has 0 aliphatic rings. The molecule has 0 spiro atoms. The molecule has 1 N–H and O–H groups in total. The van der Waals surface area contributed by atoms with E-state index in [2.05, 4.69) is 10.3 Å². The van der Waals surface area contributed by atoms with Crippen LogP contribution in [0, 0.1) is 6.92 Å². The molecule has 17 heavy (non-hydrogen) atoms. The summed E-state index contributed by atoms with van der Waals surface area (Å²) in [5.41, 5.74) is 2.79. The summed E-state index contributed by atoms with van der Waals surface area (Å²) < 4.78 is 0. The Bertz CT molecular complexity index is 549. The molecule has 88 valence electrons. The number of fused-ring (bicyclic) bond motifs is 1. The Morgan fingerprint density at radius 3 is 2.88 bits per heavy atom. The number of aromatic nitrogens is 1. The normalized spacial score (nSPS) is 10.5. The summed E-state index contributed by atoms with van der Waals surface area (Å²) in [6.45, 7) is 3.96. The zero-order valence-electron chi connectivity index (χ0n) is 10.2. The van der Waals surface area contributed by atoms with Crippen molar-refractivity contribution in [3.63, 3.8) is 0 Å². The van der Waals surface area contributed by atoms with Gasteiger partial charge in [-0.25, -0.2) is 0 Å². The van der Waals surface area contributed by atoms with Crippen LogP contribution in [0.4, 0.5) is 5.69 Å². The third-order valence-electron chi connectivity index (χ3n) is 2.59. The predicted octanol–water partition coefficient (Wildman–Crippen LogP) is 3.28. The zero-order chi connectivity index (χ0) is 12.3. The predicted molar refractivity (Wildman–Crippen MR) is 70.0 cm³/mol. The van der Waals surface area contributed by atoms with E-state index in [0.717, 1.165) is 28.7 Å². The van der Waals surface area contributed by atoms with E-state index in [1.807, 2.05) is 44.2 Å². The highest BCUT2D eigenvalue weighted by Gasteiger charge is 2.02. The number of nitrogens with one attached hydrogen (secondary N) is 1. The lowest BCUT2D eigenvalue weighted by Crippen LogP contribution is -2.10. The molecule has 1 heterocycles. The molecule has 2 rings (SSSR count). The minimum atomic E-state index is 0.0620. The summed E-state index contributed by atoms with van der Waals surface area (Å²) in [4.78, 5) is 15.9. The fraction of sp³-hybridized carbons (Fsp3) is 0.286. The second kappa shape index (κ2) is 4.95. The Labute approximate surface area is 101 Å². The van der Waals surface area contributed by atoms with Gasteiger partial charge in [0.1, 0.15) is 0 Å². The van der Waals surface area contributed by atoms with Crippen molar-refractivity contribution in [3.05, 3.63) is 36.0 Å². The second-order valence-electron chi connectivity index (χ2n) is 4.16. The van der Waals surface area contributed by atoms with Crippen molar-refractivity contribution in [2.24, 2.45) is 0 Å². The van der Waals surface area contributed by atoms with Crippen LogP contribution in [0.1, 0.15) is 25.5 Å². The average molecular weight is 228 g/mol. The molecule has 2 aromatic rings. The van der Waals surface area contributed by atoms with Gasteiger partial charge in [-0.15, -0.1) is 0 Å². The summed E-state index contributed by atoms with van der Waals surface area (Å²) in [6, 6.07) is 9.77. The first-order valence-corrected chi connectivity index (χ1v) is 5.86. The van der Waals surface area contributed by atoms with Crippen molar-refractivity contribution in [3.8, 4) is 0 Å². The quantitative estimate of drug-likeness (QED) is 0.875. The van der Waals surface area contributed by atoms with Gasteiger partial charge in [0.25, 0.3) is 0 Å². The number of hydrogen-bond donors (Lipinski definition) is 1. The Balaban J connectivity index is 2.26. The van der Waals surface area contributed by atoms with Crippen molar-refractivity contribution in [1.29, 1.82) is 0 Å². The maximum Gasteiger partial charge on any atom is 0.224 e. The number of carbonyl (C=O) groups is 1. The highest BCUT2D eigenvalue weighted by molar-refractivity contribution is 5.93. The molecule has 0 saturated heterocycles. The van der Waals surface area contributed by atoms with E-state index < -0.39 is 0 Å². The van der Waals surface area contributed by atoms with Gasteiger partial charge >= 0.3 is 0 Å². The van der Waals surface area contributed by atoms with Crippen LogP contribution in [0.5, 0.6) is 0 Å². The van der Waals surface area contributed by atoms with E-state index in [0.29, 0.717) is 6.42 Å². The van der Waals surface area contributed by atoms with Gasteiger partial charge in [0.15, 0.2) is 0 Å². The van der Waals surface area contributed by atoms with Crippen molar-refractivity contribution < 1.29 is 4.79 Å². The number of nitrogens with zero attached hydrogens (tertiary/aromatic N) is 1. The van der Waals surface area contributed by atoms with Crippen molar-refractivity contribution in [1.82, 2.24) is 4.98 Å². The van der Waals surface area contributed by atoms with Gasteiger partial charge in [-0.3, -0.25) is 9.78 Å². The van der Waals surface area contributed by atoms with Crippen LogP contribution in [0.15, 0.2) is 30.3 Å². The molecule has 3 heteroatoms. The largest absolute Gasteiger partial charge is 0.326 e. The van der Waals surface area contributed by atoms with Crippen LogP contribution in [-0.2, 0) is 4.79 Å². The van der Waals surface area contributed by atoms with Gasteiger partial charge in [-0.2, -0.15) is 0 Å². The molecular formula is C14H16N2O. The molecule has 0 radical (unpaired) electrons. The fourth-order valence-electron chi connectivity index (χ4n) is 1.76. The number of anilines is 1. The number of pyridine rings is 1. The number of amides is 1. The highest BCUT2D eigenvalue weighted by Crippen LogP contribution is 2.18. The minimum absolute atomic E-state index is 0.0620. The Hall–Kier alpha value is -1.90. The molecule has 0 aliphatic heterocycles. The standard InChI is InChI=1S/C14H16N2O/c1-3-4-14(17)16-12-7-8-13-11(9-12)6-5-10(2)15-13/h5-9H,3-4H2,1-2H3,(H,16,17). The summed E-state index contributed by atoms with van der Waals surface area (Å²) in [7, 11) is 0. The van der Waals surface area contributed by atoms with E-state index in [9.17, 15) is 4.79 Å². The van der Waals surface area contributed by atoms with Crippen LogP contribution in [0.3, 0.4) is 0 Å². The van der Waals surface area contributed by atoms with Crippen molar-refractivity contribution >= 4 is 22.5 Å². The first-order chi connectivity index (χ1) is 8.19. The fourth-order valence-corrected chi connectivity index (χ4v) is 1.76. The highest BCUT2D eigenvalue weighted by atomic mass is 16.1. The van der Waals surface area contributed by atoms with Gasteiger partial charge in [0.05, 0.1) is 5.52 Å². The van der Waals surface area contributed by atoms with Crippen molar-refractivity contribution in [2.75, 3.05) is 5.32 Å². The Kier molecular flexibility index (Phi) is 3.38. The van der Waals surface area contributed by atoms with Crippen LogP contribution in [-0.4, -0.2) is 10.9 Å². The monoisotopic (exact) mass is 228 g/mol. The lowest BCUT2D eigenvalue weighted by Gasteiger charge is -2.06. The van der Waals surface area contributed by atoms with Gasteiger partial charge in [-0.1, -0.05) is 13.0 Å². The first-order valence-electron chi connectivity index (χ1n) is 5.86. The first kappa shape index (κ1) is 11.6. The maximum atomic E-state index is 11.5. The van der Waals surface area contributed by atoms with E-state index >= 15 is 0 Å². The number of carbonyl (C=O) groups excluding carboxylic acids is 1. The lowest BCUT2D eigenvalue weighted by molar-refractivity contribution is -0.116. The third-order valence-corrected chi connectivity index (χ3v) is 2.59. The zero-order valence-corrected chi connectivity index (χ0v) is 10.2. The molecule has 0 atom stereocenters. The second-order valence-corrected chi connectivity index (χ2v) is 4.16. The summed E-state index contributed by atoms with van der Waals surface area (Å²) in [6.07, 6.45) is 1.42. The lowest BCUT2D eigenvalue weighted by atomic mass is 10.2. The van der Waals surface area contributed by atoms with Crippen molar-refractivity contribution in [2.45, 2.75) is 26.7 Å². The van der Waals surface area contributed by atoms with E-state index in [1.165, 1.54) is 0 Å². The number of benzene rings is 1. The molecule has 1 aromatic heterocycles. The maximum absolute atomic E-state index is 11.5. The SMILES string of the molecule is CCCC(=O)Nc1ccc2nc(C)ccc2c1. The van der Waals surface area contributed by atoms with Gasteiger partial charge in [0, 0.05) is 23.2 Å². The van der Waals surface area contributed by atoms with E-state index in [4.69, 9.17) is 0 Å². The molecule has 0 saturated carbocycles. The minimum Gasteiger partial charge on any atom is -0.326 e. The average Bonchev–Trinajstić information content (AvgIpc) is 2.29. The molecular weight excluding hydrogens is 212 g/mol. The summed E-state index contributed by atoms with van der Waals surface area (Å²) >= 11 is 0.